The molecule has 3 amide bonds. The van der Waals surface area contributed by atoms with E-state index in [4.69, 9.17) is 4.84 Å². The summed E-state index contributed by atoms with van der Waals surface area (Å²) in [5.41, 5.74) is 0. The summed E-state index contributed by atoms with van der Waals surface area (Å²) in [6.07, 6.45) is 2.57. The van der Waals surface area contributed by atoms with E-state index in [1.165, 1.54) is 7.05 Å². The molecule has 0 aliphatic carbocycles. The summed E-state index contributed by atoms with van der Waals surface area (Å²) in [5.74, 6) is 0.869. The zero-order valence-corrected chi connectivity index (χ0v) is 14.9. The number of nitrogens with zero attached hydrogens (tertiary/aromatic N) is 1. The first kappa shape index (κ1) is 20.3. The van der Waals surface area contributed by atoms with Gasteiger partial charge in [0, 0.05) is 38.1 Å². The van der Waals surface area contributed by atoms with E-state index in [2.05, 4.69) is 10.6 Å². The van der Waals surface area contributed by atoms with Crippen LogP contribution in [0.25, 0.3) is 0 Å². The number of aldehydes is 1. The van der Waals surface area contributed by atoms with Crippen molar-refractivity contribution in [3.8, 4) is 0 Å². The van der Waals surface area contributed by atoms with Gasteiger partial charge in [-0.05, 0) is 25.5 Å². The molecule has 0 bridgehead atoms. The first-order valence-electron chi connectivity index (χ1n) is 7.99. The topological polar surface area (TPSA) is 105 Å². The SMILES string of the molecule is CC1NC(=O)NC1CSCCCCC(=O)ON(C)C(=O)CCC=O. The van der Waals surface area contributed by atoms with Crippen molar-refractivity contribution in [3.05, 3.63) is 0 Å². The highest BCUT2D eigenvalue weighted by molar-refractivity contribution is 7.99. The molecular formula is C15H25N3O5S. The molecule has 2 atom stereocenters. The van der Waals surface area contributed by atoms with Crippen LogP contribution in [-0.2, 0) is 19.2 Å². The summed E-state index contributed by atoms with van der Waals surface area (Å²) in [6, 6.07) is 0.147. The van der Waals surface area contributed by atoms with E-state index in [0.29, 0.717) is 12.7 Å². The molecule has 1 heterocycles. The molecule has 0 aromatic rings. The lowest BCUT2D eigenvalue weighted by Gasteiger charge is -2.15. The number of hydrogen-bond donors (Lipinski definition) is 2. The summed E-state index contributed by atoms with van der Waals surface area (Å²) in [5, 5.41) is 6.54. The van der Waals surface area contributed by atoms with E-state index in [9.17, 15) is 19.2 Å². The Morgan fingerprint density at radius 2 is 2.04 bits per heavy atom. The number of rotatable bonds is 10. The van der Waals surface area contributed by atoms with Crippen LogP contribution in [0.3, 0.4) is 0 Å². The van der Waals surface area contributed by atoms with Crippen LogP contribution in [0.4, 0.5) is 4.79 Å². The van der Waals surface area contributed by atoms with E-state index in [-0.39, 0.29) is 37.4 Å². The molecule has 9 heteroatoms. The Labute approximate surface area is 146 Å². The van der Waals surface area contributed by atoms with Crippen molar-refractivity contribution in [2.45, 2.75) is 51.1 Å². The lowest BCUT2D eigenvalue weighted by molar-refractivity contribution is -0.192. The van der Waals surface area contributed by atoms with Gasteiger partial charge in [-0.2, -0.15) is 16.8 Å². The van der Waals surface area contributed by atoms with E-state index >= 15 is 0 Å². The van der Waals surface area contributed by atoms with Crippen molar-refractivity contribution < 1.29 is 24.0 Å². The standard InChI is InChI=1S/C15H25N3O5S/c1-11-12(17-15(22)16-11)10-24-9-4-3-7-14(21)23-18(2)13(20)6-5-8-19/h8,11-12H,3-7,9-10H2,1-2H3,(H2,16,17,22). The van der Waals surface area contributed by atoms with Gasteiger partial charge in [0.15, 0.2) is 0 Å². The fourth-order valence-corrected chi connectivity index (χ4v) is 3.30. The zero-order chi connectivity index (χ0) is 17.9. The quantitative estimate of drug-likeness (QED) is 0.340. The molecule has 0 saturated carbocycles. The van der Waals surface area contributed by atoms with Crippen LogP contribution < -0.4 is 10.6 Å². The second-order valence-corrected chi connectivity index (χ2v) is 6.75. The summed E-state index contributed by atoms with van der Waals surface area (Å²) in [6.45, 7) is 1.96. The number of hydrogen-bond acceptors (Lipinski definition) is 6. The van der Waals surface area contributed by atoms with Crippen molar-refractivity contribution in [2.24, 2.45) is 0 Å². The fraction of sp³-hybridized carbons (Fsp3) is 0.733. The van der Waals surface area contributed by atoms with Crippen LogP contribution in [0.2, 0.25) is 0 Å². The van der Waals surface area contributed by atoms with Gasteiger partial charge in [0.1, 0.15) is 6.29 Å². The molecule has 2 N–H and O–H groups in total. The van der Waals surface area contributed by atoms with Gasteiger partial charge in [0.2, 0.25) is 0 Å². The molecule has 1 saturated heterocycles. The third kappa shape index (κ3) is 7.67. The predicted molar refractivity (Wildman–Crippen MR) is 90.3 cm³/mol. The van der Waals surface area contributed by atoms with Crippen LogP contribution in [0.5, 0.6) is 0 Å². The number of hydroxylamine groups is 2. The zero-order valence-electron chi connectivity index (χ0n) is 14.1. The van der Waals surface area contributed by atoms with Crippen LogP contribution in [0.15, 0.2) is 0 Å². The number of carbonyl (C=O) groups is 4. The van der Waals surface area contributed by atoms with Gasteiger partial charge in [0.05, 0.1) is 6.04 Å². The monoisotopic (exact) mass is 359 g/mol. The molecule has 0 spiro atoms. The normalized spacial score (nSPS) is 19.3. The van der Waals surface area contributed by atoms with Crippen molar-refractivity contribution in [1.29, 1.82) is 0 Å². The molecule has 24 heavy (non-hydrogen) atoms. The molecule has 1 aliphatic heterocycles. The van der Waals surface area contributed by atoms with Gasteiger partial charge in [-0.25, -0.2) is 9.59 Å². The average molecular weight is 359 g/mol. The van der Waals surface area contributed by atoms with Gasteiger partial charge in [-0.3, -0.25) is 4.79 Å². The molecule has 0 radical (unpaired) electrons. The number of amides is 3. The molecular weight excluding hydrogens is 334 g/mol. The number of nitrogens with one attached hydrogen (secondary N) is 2. The maximum Gasteiger partial charge on any atom is 0.332 e. The first-order valence-corrected chi connectivity index (χ1v) is 9.15. The van der Waals surface area contributed by atoms with Crippen LogP contribution in [-0.4, -0.2) is 59.9 Å². The molecule has 136 valence electrons. The summed E-state index contributed by atoms with van der Waals surface area (Å²) in [7, 11) is 1.37. The molecule has 8 nitrogen and oxygen atoms in total. The minimum Gasteiger partial charge on any atom is -0.338 e. The molecule has 0 aromatic heterocycles. The average Bonchev–Trinajstić information content (AvgIpc) is 2.85. The van der Waals surface area contributed by atoms with Crippen LogP contribution in [0, 0.1) is 0 Å². The third-order valence-corrected chi connectivity index (χ3v) is 4.73. The second-order valence-electron chi connectivity index (χ2n) is 5.60. The highest BCUT2D eigenvalue weighted by Crippen LogP contribution is 2.12. The van der Waals surface area contributed by atoms with E-state index < -0.39 is 11.9 Å². The van der Waals surface area contributed by atoms with Crippen molar-refractivity contribution in [1.82, 2.24) is 15.7 Å². The minimum atomic E-state index is -0.456. The minimum absolute atomic E-state index is 0.0366. The van der Waals surface area contributed by atoms with Gasteiger partial charge < -0.3 is 20.3 Å². The summed E-state index contributed by atoms with van der Waals surface area (Å²) >= 11 is 1.73. The van der Waals surface area contributed by atoms with E-state index in [1.54, 1.807) is 11.8 Å². The Kier molecular flexibility index (Phi) is 9.21. The van der Waals surface area contributed by atoms with Gasteiger partial charge in [-0.1, -0.05) is 0 Å². The van der Waals surface area contributed by atoms with Crippen molar-refractivity contribution in [3.63, 3.8) is 0 Å². The van der Waals surface area contributed by atoms with E-state index in [0.717, 1.165) is 23.0 Å². The maximum atomic E-state index is 11.6. The van der Waals surface area contributed by atoms with Gasteiger partial charge in [-0.15, -0.1) is 0 Å². The second kappa shape index (κ2) is 10.9. The van der Waals surface area contributed by atoms with Gasteiger partial charge in [0.25, 0.3) is 5.91 Å². The third-order valence-electron chi connectivity index (χ3n) is 3.56. The maximum absolute atomic E-state index is 11.6. The van der Waals surface area contributed by atoms with Gasteiger partial charge >= 0.3 is 12.0 Å². The number of urea groups is 1. The highest BCUT2D eigenvalue weighted by atomic mass is 32.2. The molecule has 1 rings (SSSR count). The Morgan fingerprint density at radius 3 is 2.67 bits per heavy atom. The smallest absolute Gasteiger partial charge is 0.332 e. The Hall–Kier alpha value is -1.77. The van der Waals surface area contributed by atoms with Crippen LogP contribution in [0.1, 0.15) is 39.0 Å². The molecule has 2 unspecified atom stereocenters. The van der Waals surface area contributed by atoms with Crippen LogP contribution >= 0.6 is 11.8 Å². The summed E-state index contributed by atoms with van der Waals surface area (Å²) in [4.78, 5) is 49.3. The predicted octanol–water partition coefficient (Wildman–Crippen LogP) is 0.855. The Balaban J connectivity index is 2.04. The largest absolute Gasteiger partial charge is 0.338 e. The van der Waals surface area contributed by atoms with E-state index in [1.807, 2.05) is 6.92 Å². The lowest BCUT2D eigenvalue weighted by Crippen LogP contribution is -2.33. The molecule has 1 aliphatic rings. The Bertz CT molecular complexity index is 460. The fourth-order valence-electron chi connectivity index (χ4n) is 2.10. The highest BCUT2D eigenvalue weighted by Gasteiger charge is 2.27. The first-order chi connectivity index (χ1) is 11.4. The Morgan fingerprint density at radius 1 is 1.29 bits per heavy atom. The summed E-state index contributed by atoms with van der Waals surface area (Å²) < 4.78 is 0. The van der Waals surface area contributed by atoms with Crippen molar-refractivity contribution in [2.75, 3.05) is 18.6 Å². The lowest BCUT2D eigenvalue weighted by atomic mass is 10.2. The number of thioether (sulfide) groups is 1. The number of unbranched alkanes of at least 4 members (excludes halogenated alkanes) is 1. The molecule has 0 aromatic carbocycles. The van der Waals surface area contributed by atoms with Crippen molar-refractivity contribution >= 4 is 36.0 Å². The number of carbonyl (C=O) groups excluding carboxylic acids is 4. The molecule has 1 fully saturated rings.